The van der Waals surface area contributed by atoms with Gasteiger partial charge in [-0.1, -0.05) is 81.5 Å². The normalized spacial score (nSPS) is 33.0. The van der Waals surface area contributed by atoms with Gasteiger partial charge < -0.3 is 5.32 Å². The van der Waals surface area contributed by atoms with Gasteiger partial charge in [0, 0.05) is 12.0 Å². The van der Waals surface area contributed by atoms with Crippen LogP contribution in [0.1, 0.15) is 111 Å². The Labute approximate surface area is 209 Å². The summed E-state index contributed by atoms with van der Waals surface area (Å²) in [5, 5.41) is 3.54. The zero-order chi connectivity index (χ0) is 24.3. The zero-order valence-electron chi connectivity index (χ0n) is 22.2. The van der Waals surface area contributed by atoms with Crippen LogP contribution in [0.2, 0.25) is 0 Å². The third-order valence-corrected chi connectivity index (χ3v) is 7.96. The lowest BCUT2D eigenvalue weighted by Crippen LogP contribution is -2.65. The Morgan fingerprint density at radius 1 is 0.735 bits per heavy atom. The highest BCUT2D eigenvalue weighted by atomic mass is 16.1. The van der Waals surface area contributed by atoms with Crippen LogP contribution in [0.25, 0.3) is 0 Å². The van der Waals surface area contributed by atoms with Crippen molar-refractivity contribution in [2.24, 2.45) is 16.7 Å². The Kier molecular flexibility index (Phi) is 10.0. The standard InChI is InChI=1S/C32H49NO/c1-4-5-6-7-8-9-10-11-12-13-14-15-16-17-18-19-20-21-29(34)33-32-24-28-22-30(2,26-32)25-31(3,23-28)27-32/h5-6,8-9,11-12,14-15,17-18,28H,4,7,10,13,16,19-27H2,1-3H3,(H,33,34)/b6-5-,9-8-,12-11-,15-14-,18-17-. The molecule has 2 nitrogen and oxygen atoms in total. The second kappa shape index (κ2) is 12.8. The van der Waals surface area contributed by atoms with Crippen LogP contribution >= 0.6 is 0 Å². The number of amides is 1. The molecular weight excluding hydrogens is 414 g/mol. The van der Waals surface area contributed by atoms with E-state index in [1.54, 1.807) is 0 Å². The molecule has 0 heterocycles. The van der Waals surface area contributed by atoms with Gasteiger partial charge in [0.1, 0.15) is 0 Å². The third kappa shape index (κ3) is 8.43. The smallest absolute Gasteiger partial charge is 0.220 e. The lowest BCUT2D eigenvalue weighted by molar-refractivity contribution is -0.139. The Bertz CT molecular complexity index is 780. The van der Waals surface area contributed by atoms with Crippen molar-refractivity contribution in [1.82, 2.24) is 5.32 Å². The molecule has 188 valence electrons. The van der Waals surface area contributed by atoms with E-state index in [4.69, 9.17) is 0 Å². The number of carbonyl (C=O) groups excluding carboxylic acids is 1. The van der Waals surface area contributed by atoms with E-state index >= 15 is 0 Å². The molecule has 2 atom stereocenters. The first kappa shape index (κ1) is 26.8. The van der Waals surface area contributed by atoms with Gasteiger partial charge >= 0.3 is 0 Å². The number of unbranched alkanes of at least 4 members (excludes halogenated alkanes) is 1. The fourth-order valence-corrected chi connectivity index (χ4v) is 7.69. The molecule has 4 aliphatic carbocycles. The van der Waals surface area contributed by atoms with Crippen molar-refractivity contribution in [1.29, 1.82) is 0 Å². The molecule has 4 rings (SSSR count). The first-order valence-electron chi connectivity index (χ1n) is 13.9. The molecule has 4 aliphatic rings. The summed E-state index contributed by atoms with van der Waals surface area (Å²) in [6.45, 7) is 7.10. The molecule has 2 heteroatoms. The molecule has 0 saturated heterocycles. The van der Waals surface area contributed by atoms with Crippen LogP contribution in [0.5, 0.6) is 0 Å². The van der Waals surface area contributed by atoms with Gasteiger partial charge in [0.25, 0.3) is 0 Å². The Morgan fingerprint density at radius 3 is 1.74 bits per heavy atom. The molecule has 0 aromatic carbocycles. The van der Waals surface area contributed by atoms with E-state index in [1.807, 2.05) is 0 Å². The molecule has 4 saturated carbocycles. The van der Waals surface area contributed by atoms with Crippen molar-refractivity contribution in [2.45, 2.75) is 116 Å². The van der Waals surface area contributed by atoms with E-state index in [1.165, 1.54) is 38.5 Å². The first-order chi connectivity index (χ1) is 16.4. The molecule has 34 heavy (non-hydrogen) atoms. The van der Waals surface area contributed by atoms with Gasteiger partial charge in [-0.15, -0.1) is 0 Å². The lowest BCUT2D eigenvalue weighted by Gasteiger charge is -2.65. The maximum Gasteiger partial charge on any atom is 0.220 e. The minimum atomic E-state index is 0.0946. The monoisotopic (exact) mass is 463 g/mol. The van der Waals surface area contributed by atoms with Crippen LogP contribution < -0.4 is 5.32 Å². The maximum absolute atomic E-state index is 12.7. The predicted octanol–water partition coefficient (Wildman–Crippen LogP) is 8.77. The fraction of sp³-hybridized carbons (Fsp3) is 0.656. The quantitative estimate of drug-likeness (QED) is 0.202. The minimum Gasteiger partial charge on any atom is -0.351 e. The molecule has 0 spiro atoms. The summed E-state index contributed by atoms with van der Waals surface area (Å²) in [7, 11) is 0. The number of rotatable bonds is 14. The first-order valence-corrected chi connectivity index (χ1v) is 13.9. The van der Waals surface area contributed by atoms with Crippen LogP contribution in [0.3, 0.4) is 0 Å². The van der Waals surface area contributed by atoms with Gasteiger partial charge in [-0.05, 0) is 100 Å². The second-order valence-electron chi connectivity index (χ2n) is 12.1. The van der Waals surface area contributed by atoms with E-state index < -0.39 is 0 Å². The van der Waals surface area contributed by atoms with E-state index in [0.717, 1.165) is 50.9 Å². The highest BCUT2D eigenvalue weighted by molar-refractivity contribution is 5.77. The number of carbonyl (C=O) groups is 1. The number of hydrogen-bond donors (Lipinski definition) is 1. The number of hydrogen-bond acceptors (Lipinski definition) is 1. The third-order valence-electron chi connectivity index (χ3n) is 7.96. The SMILES string of the molecule is CC/C=C\C/C=C\C/C=C\C/C=C\C/C=C\CCCC(=O)NC12CC3CC(C)(CC(C)(C3)C1)C2. The molecule has 1 N–H and O–H groups in total. The molecule has 0 aromatic heterocycles. The number of allylic oxidation sites excluding steroid dienone is 10. The molecule has 1 amide bonds. The van der Waals surface area contributed by atoms with Crippen molar-refractivity contribution in [3.05, 3.63) is 60.8 Å². The van der Waals surface area contributed by atoms with Gasteiger partial charge in [0.05, 0.1) is 0 Å². The molecule has 0 aliphatic heterocycles. The van der Waals surface area contributed by atoms with Crippen LogP contribution in [0.15, 0.2) is 60.8 Å². The van der Waals surface area contributed by atoms with Crippen LogP contribution in [0, 0.1) is 16.7 Å². The largest absolute Gasteiger partial charge is 0.351 e. The van der Waals surface area contributed by atoms with Crippen molar-refractivity contribution in [3.8, 4) is 0 Å². The molecule has 4 fully saturated rings. The van der Waals surface area contributed by atoms with Crippen molar-refractivity contribution < 1.29 is 4.79 Å². The molecule has 2 unspecified atom stereocenters. The van der Waals surface area contributed by atoms with Crippen LogP contribution in [-0.4, -0.2) is 11.4 Å². The highest BCUT2D eigenvalue weighted by Gasteiger charge is 2.60. The topological polar surface area (TPSA) is 29.1 Å². The average Bonchev–Trinajstić information content (AvgIpc) is 2.73. The summed E-state index contributed by atoms with van der Waals surface area (Å²) < 4.78 is 0. The minimum absolute atomic E-state index is 0.0946. The van der Waals surface area contributed by atoms with Gasteiger partial charge in [-0.3, -0.25) is 4.79 Å². The Hall–Kier alpha value is -1.83. The van der Waals surface area contributed by atoms with Crippen LogP contribution in [0.4, 0.5) is 0 Å². The molecule has 0 aromatic rings. The lowest BCUT2D eigenvalue weighted by atomic mass is 9.43. The summed E-state index contributed by atoms with van der Waals surface area (Å²) in [6.07, 6.45) is 37.8. The van der Waals surface area contributed by atoms with E-state index in [9.17, 15) is 4.79 Å². The summed E-state index contributed by atoms with van der Waals surface area (Å²) in [5.74, 6) is 1.11. The molecule has 4 bridgehead atoms. The van der Waals surface area contributed by atoms with Gasteiger partial charge in [0.2, 0.25) is 5.91 Å². The number of nitrogens with one attached hydrogen (secondary N) is 1. The second-order valence-corrected chi connectivity index (χ2v) is 12.1. The van der Waals surface area contributed by atoms with Crippen molar-refractivity contribution in [2.75, 3.05) is 0 Å². The van der Waals surface area contributed by atoms with E-state index in [0.29, 0.717) is 17.3 Å². The van der Waals surface area contributed by atoms with Gasteiger partial charge in [-0.2, -0.15) is 0 Å². The summed E-state index contributed by atoms with van der Waals surface area (Å²) in [6, 6.07) is 0. The van der Waals surface area contributed by atoms with Crippen LogP contribution in [-0.2, 0) is 4.79 Å². The summed E-state index contributed by atoms with van der Waals surface area (Å²) in [5.41, 5.74) is 1.00. The zero-order valence-corrected chi connectivity index (χ0v) is 22.2. The van der Waals surface area contributed by atoms with Crippen molar-refractivity contribution >= 4 is 5.91 Å². The Morgan fingerprint density at radius 2 is 1.24 bits per heavy atom. The summed E-state index contributed by atoms with van der Waals surface area (Å²) >= 11 is 0. The van der Waals surface area contributed by atoms with Crippen molar-refractivity contribution in [3.63, 3.8) is 0 Å². The fourth-order valence-electron chi connectivity index (χ4n) is 7.69. The van der Waals surface area contributed by atoms with E-state index in [2.05, 4.69) is 86.8 Å². The molecular formula is C32H49NO. The maximum atomic E-state index is 12.7. The summed E-state index contributed by atoms with van der Waals surface area (Å²) in [4.78, 5) is 12.7. The highest BCUT2D eigenvalue weighted by Crippen LogP contribution is 2.66. The van der Waals surface area contributed by atoms with Gasteiger partial charge in [0.15, 0.2) is 0 Å². The van der Waals surface area contributed by atoms with Gasteiger partial charge in [-0.25, -0.2) is 0 Å². The average molecular weight is 464 g/mol. The van der Waals surface area contributed by atoms with E-state index in [-0.39, 0.29) is 11.4 Å². The predicted molar refractivity (Wildman–Crippen MR) is 147 cm³/mol. The molecule has 0 radical (unpaired) electrons. The Balaban J connectivity index is 1.23.